The van der Waals surface area contributed by atoms with Crippen LogP contribution in [0.25, 0.3) is 0 Å². The average molecular weight is 575 g/mol. The Morgan fingerprint density at radius 1 is 1.07 bits per heavy atom. The van der Waals surface area contributed by atoms with Gasteiger partial charge in [-0.15, -0.1) is 0 Å². The molecule has 222 valence electrons. The van der Waals surface area contributed by atoms with Crippen LogP contribution in [0.3, 0.4) is 0 Å². The highest BCUT2D eigenvalue weighted by Crippen LogP contribution is 2.75. The van der Waals surface area contributed by atoms with Crippen LogP contribution < -0.4 is 0 Å². The molecular weight excluding hydrogens is 528 g/mol. The molecule has 5 aliphatic carbocycles. The normalized spacial score (nSPS) is 48.1. The molecule has 0 aromatic carbocycles. The van der Waals surface area contributed by atoms with Crippen molar-refractivity contribution in [3.8, 4) is 0 Å². The predicted octanol–water partition coefficient (Wildman–Crippen LogP) is 5.30. The van der Waals surface area contributed by atoms with E-state index in [1.807, 2.05) is 26.0 Å². The zero-order valence-corrected chi connectivity index (χ0v) is 26.2. The number of ketones is 1. The number of hydrogen-bond acceptors (Lipinski definition) is 7. The summed E-state index contributed by atoms with van der Waals surface area (Å²) >= 11 is 0. The van der Waals surface area contributed by atoms with E-state index in [1.54, 1.807) is 0 Å². The fourth-order valence-electron chi connectivity index (χ4n) is 10.7. The molecule has 0 bridgehead atoms. The minimum absolute atomic E-state index is 0.0225. The van der Waals surface area contributed by atoms with E-state index < -0.39 is 37.7 Å². The van der Waals surface area contributed by atoms with Gasteiger partial charge < -0.3 is 4.74 Å². The molecule has 0 heterocycles. The molecule has 0 N–H and O–H groups in total. The molecule has 7 nitrogen and oxygen atoms in total. The summed E-state index contributed by atoms with van der Waals surface area (Å²) in [6, 6.07) is 0. The van der Waals surface area contributed by atoms with Crippen molar-refractivity contribution >= 4 is 28.2 Å². The van der Waals surface area contributed by atoms with Gasteiger partial charge in [0, 0.05) is 16.7 Å². The van der Waals surface area contributed by atoms with Crippen molar-refractivity contribution in [2.45, 2.75) is 80.1 Å². The summed E-state index contributed by atoms with van der Waals surface area (Å²) in [5.41, 5.74) is -1.15. The van der Waals surface area contributed by atoms with Gasteiger partial charge in [0.25, 0.3) is 10.1 Å². The molecule has 0 unspecified atom stereocenters. The molecule has 0 spiro atoms. The van der Waals surface area contributed by atoms with E-state index in [9.17, 15) is 22.8 Å². The Bertz CT molecular complexity index is 1310. The van der Waals surface area contributed by atoms with E-state index >= 15 is 0 Å². The molecular formula is C32H46O7S. The van der Waals surface area contributed by atoms with Crippen LogP contribution >= 0.6 is 0 Å². The van der Waals surface area contributed by atoms with E-state index in [1.165, 1.54) is 7.11 Å². The van der Waals surface area contributed by atoms with E-state index in [-0.39, 0.29) is 41.5 Å². The van der Waals surface area contributed by atoms with Crippen molar-refractivity contribution in [3.63, 3.8) is 0 Å². The van der Waals surface area contributed by atoms with Crippen molar-refractivity contribution in [1.82, 2.24) is 0 Å². The molecule has 3 fully saturated rings. The Labute approximate surface area is 239 Å². The zero-order valence-electron chi connectivity index (χ0n) is 25.3. The van der Waals surface area contributed by atoms with Gasteiger partial charge in [-0.1, -0.05) is 53.2 Å². The standard InChI is InChI=1S/C32H46O7S/c1-19-9-12-32(27(35)38-7)14-13-29(4)22(25(32)20(19)2)15-23(34)26-30(29,5)11-10-24-28(3,18-39-40(8,36)37)16-21(17-33)31(24,26)6/h15-17,19-20,24-26H,9-14,18H2,1-8H3/t19-,20+,24+,25+,26+,28+,29-,30-,31+,32+/m1/s1. The second-order valence-electron chi connectivity index (χ2n) is 14.7. The second kappa shape index (κ2) is 9.10. The molecule has 10 atom stereocenters. The van der Waals surface area contributed by atoms with Crippen molar-refractivity contribution in [2.75, 3.05) is 20.0 Å². The van der Waals surface area contributed by atoms with Gasteiger partial charge in [0.1, 0.15) is 6.29 Å². The third-order valence-corrected chi connectivity index (χ3v) is 13.6. The van der Waals surface area contributed by atoms with Gasteiger partial charge >= 0.3 is 5.97 Å². The molecule has 40 heavy (non-hydrogen) atoms. The maximum absolute atomic E-state index is 14.5. The third kappa shape index (κ3) is 3.69. The Kier molecular flexibility index (Phi) is 6.75. The summed E-state index contributed by atoms with van der Waals surface area (Å²) in [5.74, 6) is -0.0954. The summed E-state index contributed by atoms with van der Waals surface area (Å²) in [5, 5.41) is 0. The van der Waals surface area contributed by atoms with Crippen LogP contribution in [-0.2, 0) is 33.4 Å². The quantitative estimate of drug-likeness (QED) is 0.249. The molecule has 5 rings (SSSR count). The minimum Gasteiger partial charge on any atom is -0.469 e. The number of rotatable bonds is 5. The van der Waals surface area contributed by atoms with Gasteiger partial charge in [-0.3, -0.25) is 18.6 Å². The van der Waals surface area contributed by atoms with Crippen LogP contribution in [0.15, 0.2) is 23.3 Å². The summed E-state index contributed by atoms with van der Waals surface area (Å²) in [7, 11) is -2.20. The molecule has 0 aromatic heterocycles. The lowest BCUT2D eigenvalue weighted by atomic mass is 9.34. The SMILES string of the molecule is COC(=O)[C@]12CC[C@@H](C)[C@H](C)[C@H]1C1=CC(=O)[C@@H]3[C@@]4(C)C(C=O)=C[C@@](C)(COS(C)(=O)=O)[C@@H]4CC[C@@]3(C)[C@]1(C)CC2. The number of fused-ring (bicyclic) bond motifs is 7. The van der Waals surface area contributed by atoms with Gasteiger partial charge in [-0.05, 0) is 84.7 Å². The number of carbonyl (C=O) groups excluding carboxylic acids is 3. The highest BCUT2D eigenvalue weighted by atomic mass is 32.2. The second-order valence-corrected chi connectivity index (χ2v) is 16.4. The smallest absolute Gasteiger partial charge is 0.312 e. The van der Waals surface area contributed by atoms with Gasteiger partial charge in [-0.25, -0.2) is 0 Å². The monoisotopic (exact) mass is 574 g/mol. The minimum atomic E-state index is -3.67. The lowest BCUT2D eigenvalue weighted by molar-refractivity contribution is -0.179. The number of esters is 1. The number of allylic oxidation sites excluding steroid dienone is 3. The number of aldehydes is 1. The molecule has 5 aliphatic rings. The zero-order chi connectivity index (χ0) is 29.7. The maximum atomic E-state index is 14.5. The molecule has 8 heteroatoms. The first kappa shape index (κ1) is 29.7. The molecule has 0 radical (unpaired) electrons. The van der Waals surface area contributed by atoms with Crippen molar-refractivity contribution in [3.05, 3.63) is 23.3 Å². The van der Waals surface area contributed by atoms with Gasteiger partial charge in [0.2, 0.25) is 0 Å². The first-order valence-corrected chi connectivity index (χ1v) is 16.6. The Balaban J connectivity index is 1.65. The van der Waals surface area contributed by atoms with Gasteiger partial charge in [0.15, 0.2) is 5.78 Å². The lowest BCUT2D eigenvalue weighted by Gasteiger charge is -2.68. The third-order valence-electron chi connectivity index (χ3n) is 13.1. The van der Waals surface area contributed by atoms with Crippen molar-refractivity contribution in [1.29, 1.82) is 0 Å². The van der Waals surface area contributed by atoms with E-state index in [0.717, 1.165) is 56.6 Å². The molecule has 0 saturated heterocycles. The summed E-state index contributed by atoms with van der Waals surface area (Å²) in [4.78, 5) is 40.6. The van der Waals surface area contributed by atoms with Crippen LogP contribution in [0.5, 0.6) is 0 Å². The fraction of sp³-hybridized carbons (Fsp3) is 0.781. The van der Waals surface area contributed by atoms with E-state index in [4.69, 9.17) is 8.92 Å². The van der Waals surface area contributed by atoms with Crippen LogP contribution in [0.4, 0.5) is 0 Å². The number of hydrogen-bond donors (Lipinski definition) is 0. The van der Waals surface area contributed by atoms with Crippen LogP contribution in [0.1, 0.15) is 80.1 Å². The van der Waals surface area contributed by atoms with Crippen molar-refractivity contribution in [2.24, 2.45) is 56.7 Å². The van der Waals surface area contributed by atoms with Crippen LogP contribution in [-0.4, -0.2) is 46.4 Å². The highest BCUT2D eigenvalue weighted by molar-refractivity contribution is 7.85. The van der Waals surface area contributed by atoms with Crippen LogP contribution in [0, 0.1) is 56.7 Å². The van der Waals surface area contributed by atoms with E-state index in [0.29, 0.717) is 11.5 Å². The first-order chi connectivity index (χ1) is 18.4. The van der Waals surface area contributed by atoms with E-state index in [2.05, 4.69) is 27.7 Å². The van der Waals surface area contributed by atoms with Crippen molar-refractivity contribution < 1.29 is 31.7 Å². The number of methoxy groups -OCH3 is 1. The number of carbonyl (C=O) groups is 3. The maximum Gasteiger partial charge on any atom is 0.312 e. The highest BCUT2D eigenvalue weighted by Gasteiger charge is 2.72. The predicted molar refractivity (Wildman–Crippen MR) is 151 cm³/mol. The summed E-state index contributed by atoms with van der Waals surface area (Å²) < 4.78 is 34.5. The van der Waals surface area contributed by atoms with Gasteiger partial charge in [-0.2, -0.15) is 8.42 Å². The Hall–Kier alpha value is -1.80. The first-order valence-electron chi connectivity index (χ1n) is 14.8. The Morgan fingerprint density at radius 2 is 1.75 bits per heavy atom. The average Bonchev–Trinajstić information content (AvgIpc) is 3.11. The van der Waals surface area contributed by atoms with Gasteiger partial charge in [0.05, 0.1) is 25.4 Å². The fourth-order valence-corrected chi connectivity index (χ4v) is 11.1. The molecule has 0 aliphatic heterocycles. The van der Waals surface area contributed by atoms with Crippen LogP contribution in [0.2, 0.25) is 0 Å². The molecule has 3 saturated carbocycles. The summed E-state index contributed by atoms with van der Waals surface area (Å²) in [6.07, 6.45) is 10.4. The molecule has 0 aromatic rings. The topological polar surface area (TPSA) is 104 Å². The Morgan fingerprint density at radius 3 is 2.35 bits per heavy atom. The largest absolute Gasteiger partial charge is 0.469 e. The molecule has 0 amide bonds. The summed E-state index contributed by atoms with van der Waals surface area (Å²) in [6.45, 7) is 12.9. The number of ether oxygens (including phenoxy) is 1. The lowest BCUT2D eigenvalue weighted by Crippen LogP contribution is -2.65.